The zero-order chi connectivity index (χ0) is 11.1. The van der Waals surface area contributed by atoms with E-state index in [2.05, 4.69) is 10.3 Å². The number of nitrogens with one attached hydrogen (secondary N) is 1. The van der Waals surface area contributed by atoms with E-state index in [-0.39, 0.29) is 17.7 Å². The summed E-state index contributed by atoms with van der Waals surface area (Å²) in [5.74, 6) is -0.113. The minimum absolute atomic E-state index is 0.112. The molecule has 1 aromatic heterocycles. The van der Waals surface area contributed by atoms with Crippen LogP contribution in [0.3, 0.4) is 0 Å². The van der Waals surface area contributed by atoms with Crippen molar-refractivity contribution in [3.8, 4) is 0 Å². The standard InChI is InChI=1S/C10H13ClN2O2/c11-10-8(4-3-6-12-10)13-9(15)5-1-2-7-14/h3-4,6,14H,1-2,5,7H2,(H,13,15). The highest BCUT2D eigenvalue weighted by Gasteiger charge is 2.05. The first kappa shape index (κ1) is 11.9. The molecule has 0 saturated carbocycles. The molecule has 1 aromatic rings. The Morgan fingerprint density at radius 1 is 1.53 bits per heavy atom. The lowest BCUT2D eigenvalue weighted by molar-refractivity contribution is -0.116. The molecule has 0 radical (unpaired) electrons. The van der Waals surface area contributed by atoms with Gasteiger partial charge in [0, 0.05) is 19.2 Å². The molecule has 0 unspecified atom stereocenters. The summed E-state index contributed by atoms with van der Waals surface area (Å²) >= 11 is 5.76. The molecule has 5 heteroatoms. The average Bonchev–Trinajstić information content (AvgIpc) is 2.22. The maximum atomic E-state index is 11.4. The largest absolute Gasteiger partial charge is 0.396 e. The van der Waals surface area contributed by atoms with Gasteiger partial charge in [0.15, 0.2) is 5.15 Å². The third-order valence-electron chi connectivity index (χ3n) is 1.85. The third kappa shape index (κ3) is 4.27. The van der Waals surface area contributed by atoms with Gasteiger partial charge in [0.25, 0.3) is 0 Å². The van der Waals surface area contributed by atoms with Crippen LogP contribution in [0.15, 0.2) is 18.3 Å². The molecular formula is C10H13ClN2O2. The van der Waals surface area contributed by atoms with E-state index in [9.17, 15) is 4.79 Å². The second-order valence-electron chi connectivity index (χ2n) is 3.07. The molecule has 0 aromatic carbocycles. The zero-order valence-corrected chi connectivity index (χ0v) is 9.00. The maximum Gasteiger partial charge on any atom is 0.224 e. The number of unbranched alkanes of at least 4 members (excludes halogenated alkanes) is 1. The van der Waals surface area contributed by atoms with Crippen LogP contribution < -0.4 is 5.32 Å². The average molecular weight is 229 g/mol. The van der Waals surface area contributed by atoms with Crippen LogP contribution in [-0.2, 0) is 4.79 Å². The Hall–Kier alpha value is -1.13. The summed E-state index contributed by atoms with van der Waals surface area (Å²) in [4.78, 5) is 15.2. The summed E-state index contributed by atoms with van der Waals surface area (Å²) in [5.41, 5.74) is 0.521. The number of nitrogens with zero attached hydrogens (tertiary/aromatic N) is 1. The van der Waals surface area contributed by atoms with Crippen LogP contribution in [0.4, 0.5) is 5.69 Å². The van der Waals surface area contributed by atoms with Gasteiger partial charge in [0.2, 0.25) is 5.91 Å². The quantitative estimate of drug-likeness (QED) is 0.597. The van der Waals surface area contributed by atoms with Crippen LogP contribution in [0.1, 0.15) is 19.3 Å². The van der Waals surface area contributed by atoms with Crippen molar-refractivity contribution >= 4 is 23.2 Å². The van der Waals surface area contributed by atoms with Gasteiger partial charge in [-0.1, -0.05) is 11.6 Å². The minimum Gasteiger partial charge on any atom is -0.396 e. The summed E-state index contributed by atoms with van der Waals surface area (Å²) < 4.78 is 0. The van der Waals surface area contributed by atoms with E-state index in [1.807, 2.05) is 0 Å². The van der Waals surface area contributed by atoms with Crippen molar-refractivity contribution in [2.75, 3.05) is 11.9 Å². The first-order valence-electron chi connectivity index (χ1n) is 4.75. The van der Waals surface area contributed by atoms with Crippen molar-refractivity contribution in [3.63, 3.8) is 0 Å². The molecule has 0 saturated heterocycles. The predicted molar refractivity (Wildman–Crippen MR) is 58.8 cm³/mol. The molecule has 0 spiro atoms. The second kappa shape index (κ2) is 6.37. The smallest absolute Gasteiger partial charge is 0.224 e. The van der Waals surface area contributed by atoms with Crippen molar-refractivity contribution in [1.29, 1.82) is 0 Å². The van der Waals surface area contributed by atoms with Gasteiger partial charge in [-0.2, -0.15) is 0 Å². The van der Waals surface area contributed by atoms with Crippen molar-refractivity contribution in [1.82, 2.24) is 4.98 Å². The van der Waals surface area contributed by atoms with Crippen LogP contribution in [0, 0.1) is 0 Å². The summed E-state index contributed by atoms with van der Waals surface area (Å²) in [5, 5.41) is 11.5. The molecule has 0 fully saturated rings. The van der Waals surface area contributed by atoms with E-state index in [1.165, 1.54) is 0 Å². The van der Waals surface area contributed by atoms with Crippen molar-refractivity contribution < 1.29 is 9.90 Å². The van der Waals surface area contributed by atoms with Gasteiger partial charge in [-0.25, -0.2) is 4.98 Å². The summed E-state index contributed by atoms with van der Waals surface area (Å²) in [6.07, 6.45) is 3.24. The molecule has 15 heavy (non-hydrogen) atoms. The molecule has 1 heterocycles. The normalized spacial score (nSPS) is 10.0. The van der Waals surface area contributed by atoms with Gasteiger partial charge in [0.05, 0.1) is 5.69 Å². The molecule has 1 amide bonds. The van der Waals surface area contributed by atoms with Crippen LogP contribution in [-0.4, -0.2) is 22.6 Å². The number of carbonyl (C=O) groups excluding carboxylic acids is 1. The van der Waals surface area contributed by atoms with Crippen molar-refractivity contribution in [3.05, 3.63) is 23.5 Å². The fourth-order valence-corrected chi connectivity index (χ4v) is 1.26. The van der Waals surface area contributed by atoms with Crippen LogP contribution in [0.25, 0.3) is 0 Å². The predicted octanol–water partition coefficient (Wildman–Crippen LogP) is 1.84. The zero-order valence-electron chi connectivity index (χ0n) is 8.24. The third-order valence-corrected chi connectivity index (χ3v) is 2.15. The highest BCUT2D eigenvalue weighted by Crippen LogP contribution is 2.17. The number of carbonyl (C=O) groups is 1. The summed E-state index contributed by atoms with van der Waals surface area (Å²) in [6.45, 7) is 0.112. The first-order valence-corrected chi connectivity index (χ1v) is 5.13. The highest BCUT2D eigenvalue weighted by molar-refractivity contribution is 6.32. The molecule has 2 N–H and O–H groups in total. The summed E-state index contributed by atoms with van der Waals surface area (Å²) in [7, 11) is 0. The highest BCUT2D eigenvalue weighted by atomic mass is 35.5. The lowest BCUT2D eigenvalue weighted by Gasteiger charge is -2.05. The van der Waals surface area contributed by atoms with E-state index < -0.39 is 0 Å². The van der Waals surface area contributed by atoms with Gasteiger partial charge in [-0.05, 0) is 25.0 Å². The molecule has 1 rings (SSSR count). The number of aliphatic hydroxyl groups excluding tert-OH is 1. The number of hydrogen-bond donors (Lipinski definition) is 2. The second-order valence-corrected chi connectivity index (χ2v) is 3.43. The molecule has 0 aliphatic rings. The Balaban J connectivity index is 2.41. The summed E-state index contributed by atoms with van der Waals surface area (Å²) in [6, 6.07) is 3.40. The molecule has 0 aliphatic carbocycles. The van der Waals surface area contributed by atoms with Crippen molar-refractivity contribution in [2.45, 2.75) is 19.3 Å². The van der Waals surface area contributed by atoms with E-state index >= 15 is 0 Å². The number of anilines is 1. The van der Waals surface area contributed by atoms with Gasteiger partial charge in [0.1, 0.15) is 0 Å². The van der Waals surface area contributed by atoms with Crippen LogP contribution in [0.2, 0.25) is 5.15 Å². The van der Waals surface area contributed by atoms with Gasteiger partial charge in [-0.15, -0.1) is 0 Å². The molecule has 0 atom stereocenters. The SMILES string of the molecule is O=C(CCCCO)Nc1cccnc1Cl. The van der Waals surface area contributed by atoms with Crippen LogP contribution >= 0.6 is 11.6 Å². The minimum atomic E-state index is -0.113. The lowest BCUT2D eigenvalue weighted by Crippen LogP contribution is -2.11. The lowest BCUT2D eigenvalue weighted by atomic mass is 10.2. The topological polar surface area (TPSA) is 62.2 Å². The van der Waals surface area contributed by atoms with E-state index in [0.29, 0.717) is 24.9 Å². The molecule has 0 aliphatic heterocycles. The number of pyridine rings is 1. The van der Waals surface area contributed by atoms with E-state index in [1.54, 1.807) is 18.3 Å². The maximum absolute atomic E-state index is 11.4. The first-order chi connectivity index (χ1) is 7.24. The monoisotopic (exact) mass is 228 g/mol. The number of aromatic nitrogens is 1. The van der Waals surface area contributed by atoms with Gasteiger partial charge in [-0.3, -0.25) is 4.79 Å². The van der Waals surface area contributed by atoms with Crippen LogP contribution in [0.5, 0.6) is 0 Å². The molecule has 4 nitrogen and oxygen atoms in total. The Morgan fingerprint density at radius 2 is 2.33 bits per heavy atom. The number of amides is 1. The molecule has 82 valence electrons. The Kier molecular flexibility index (Phi) is 5.07. The van der Waals surface area contributed by atoms with E-state index in [4.69, 9.17) is 16.7 Å². The number of rotatable bonds is 5. The Labute approximate surface area is 93.3 Å². The number of aliphatic hydroxyl groups is 1. The van der Waals surface area contributed by atoms with Crippen molar-refractivity contribution in [2.24, 2.45) is 0 Å². The fourth-order valence-electron chi connectivity index (χ4n) is 1.09. The number of hydrogen-bond acceptors (Lipinski definition) is 3. The van der Waals surface area contributed by atoms with Gasteiger partial charge >= 0.3 is 0 Å². The molecule has 0 bridgehead atoms. The number of halogens is 1. The fraction of sp³-hybridized carbons (Fsp3) is 0.400. The molecular weight excluding hydrogens is 216 g/mol. The van der Waals surface area contributed by atoms with E-state index in [0.717, 1.165) is 0 Å². The Morgan fingerprint density at radius 3 is 3.00 bits per heavy atom. The van der Waals surface area contributed by atoms with Gasteiger partial charge < -0.3 is 10.4 Å². The Bertz CT molecular complexity index is 331.